The van der Waals surface area contributed by atoms with Crippen molar-refractivity contribution in [1.82, 2.24) is 9.47 Å². The van der Waals surface area contributed by atoms with Gasteiger partial charge >= 0.3 is 6.09 Å². The maximum atomic E-state index is 11.2. The molecule has 3 rings (SSSR count). The van der Waals surface area contributed by atoms with Crippen molar-refractivity contribution in [2.75, 3.05) is 13.1 Å². The van der Waals surface area contributed by atoms with Crippen LogP contribution < -0.4 is 0 Å². The first-order valence-electron chi connectivity index (χ1n) is 7.24. The van der Waals surface area contributed by atoms with Crippen molar-refractivity contribution in [2.45, 2.75) is 25.3 Å². The molecule has 6 heteroatoms. The molecule has 1 aromatic carbocycles. The van der Waals surface area contributed by atoms with Gasteiger partial charge in [0, 0.05) is 35.1 Å². The number of piperidine rings is 1. The summed E-state index contributed by atoms with van der Waals surface area (Å²) in [6, 6.07) is 9.83. The Balaban J connectivity index is 2.06. The summed E-state index contributed by atoms with van der Waals surface area (Å²) < 4.78 is 1.96. The third kappa shape index (κ3) is 2.51. The minimum absolute atomic E-state index is 0.0988. The maximum Gasteiger partial charge on any atom is 0.407 e. The lowest BCUT2D eigenvalue weighted by Crippen LogP contribution is -2.38. The number of nitriles is 1. The summed E-state index contributed by atoms with van der Waals surface area (Å²) in [6.45, 7) is 1.28. The zero-order valence-electron chi connectivity index (χ0n) is 12.0. The molecule has 1 aromatic heterocycles. The van der Waals surface area contributed by atoms with E-state index in [-0.39, 0.29) is 12.5 Å². The second kappa shape index (κ2) is 5.90. The number of carbonyl (C=O) groups is 1. The molecule has 1 aliphatic heterocycles. The zero-order chi connectivity index (χ0) is 15.7. The summed E-state index contributed by atoms with van der Waals surface area (Å²) in [6.07, 6.45) is 0.868. The molecule has 1 amide bonds. The van der Waals surface area contributed by atoms with Crippen LogP contribution in [0.3, 0.4) is 0 Å². The number of likely N-dealkylation sites (tertiary alicyclic amines) is 1. The van der Waals surface area contributed by atoms with Gasteiger partial charge in [0.1, 0.15) is 6.54 Å². The molecular formula is C16H16ClN3O2. The van der Waals surface area contributed by atoms with Gasteiger partial charge in [-0.1, -0.05) is 17.7 Å². The normalized spacial score (nSPS) is 18.4. The largest absolute Gasteiger partial charge is 0.465 e. The van der Waals surface area contributed by atoms with Crippen molar-refractivity contribution in [3.05, 3.63) is 35.0 Å². The standard InChI is InChI=1S/C16H16ClN3O2/c17-13-4-1-5-14-12(13)9-15(20(14)8-6-18)11-3-2-7-19(10-11)16(21)22/h1,4-5,9,11H,2-3,7-8,10H2,(H,21,22). The smallest absolute Gasteiger partial charge is 0.407 e. The highest BCUT2D eigenvalue weighted by Crippen LogP contribution is 2.34. The highest BCUT2D eigenvalue weighted by atomic mass is 35.5. The fourth-order valence-electron chi connectivity index (χ4n) is 3.25. The topological polar surface area (TPSA) is 69.3 Å². The van der Waals surface area contributed by atoms with Crippen LogP contribution in [0.25, 0.3) is 10.9 Å². The molecule has 1 saturated heterocycles. The third-order valence-electron chi connectivity index (χ3n) is 4.26. The van der Waals surface area contributed by atoms with E-state index in [1.54, 1.807) is 0 Å². The molecule has 2 heterocycles. The number of carboxylic acid groups (broad SMARTS) is 1. The predicted octanol–water partition coefficient (Wildman–Crippen LogP) is 3.68. The predicted molar refractivity (Wildman–Crippen MR) is 84.1 cm³/mol. The Hall–Kier alpha value is -2.19. The quantitative estimate of drug-likeness (QED) is 0.918. The van der Waals surface area contributed by atoms with E-state index < -0.39 is 6.09 Å². The summed E-state index contributed by atoms with van der Waals surface area (Å²) in [4.78, 5) is 12.7. The van der Waals surface area contributed by atoms with E-state index in [1.165, 1.54) is 4.90 Å². The van der Waals surface area contributed by atoms with Crippen LogP contribution in [0, 0.1) is 11.3 Å². The summed E-state index contributed by atoms with van der Waals surface area (Å²) in [5, 5.41) is 19.9. The van der Waals surface area contributed by atoms with Crippen LogP contribution in [-0.4, -0.2) is 33.8 Å². The van der Waals surface area contributed by atoms with Crippen LogP contribution in [0.4, 0.5) is 4.79 Å². The number of fused-ring (bicyclic) bond motifs is 1. The molecule has 114 valence electrons. The lowest BCUT2D eigenvalue weighted by Gasteiger charge is -2.31. The Kier molecular flexibility index (Phi) is 3.95. The number of halogens is 1. The monoisotopic (exact) mass is 317 g/mol. The van der Waals surface area contributed by atoms with Crippen LogP contribution in [0.2, 0.25) is 5.02 Å². The third-order valence-corrected chi connectivity index (χ3v) is 4.59. The van der Waals surface area contributed by atoms with E-state index in [1.807, 2.05) is 28.8 Å². The fraction of sp³-hybridized carbons (Fsp3) is 0.375. The van der Waals surface area contributed by atoms with Crippen LogP contribution in [0.15, 0.2) is 24.3 Å². The number of benzene rings is 1. The summed E-state index contributed by atoms with van der Waals surface area (Å²) >= 11 is 6.26. The highest BCUT2D eigenvalue weighted by molar-refractivity contribution is 6.35. The number of aromatic nitrogens is 1. The second-order valence-electron chi connectivity index (χ2n) is 5.55. The number of amides is 1. The van der Waals surface area contributed by atoms with Crippen LogP contribution >= 0.6 is 11.6 Å². The molecule has 0 bridgehead atoms. The Bertz CT molecular complexity index is 763. The molecular weight excluding hydrogens is 302 g/mol. The van der Waals surface area contributed by atoms with Crippen molar-refractivity contribution in [1.29, 1.82) is 5.26 Å². The highest BCUT2D eigenvalue weighted by Gasteiger charge is 2.27. The van der Waals surface area contributed by atoms with Crippen molar-refractivity contribution < 1.29 is 9.90 Å². The van der Waals surface area contributed by atoms with E-state index in [0.29, 0.717) is 18.1 Å². The Morgan fingerprint density at radius 2 is 2.32 bits per heavy atom. The van der Waals surface area contributed by atoms with Gasteiger partial charge in [-0.15, -0.1) is 0 Å². The molecule has 2 aromatic rings. The lowest BCUT2D eigenvalue weighted by atomic mass is 9.94. The molecule has 22 heavy (non-hydrogen) atoms. The van der Waals surface area contributed by atoms with Crippen LogP contribution in [0.5, 0.6) is 0 Å². The molecule has 0 radical (unpaired) electrons. The lowest BCUT2D eigenvalue weighted by molar-refractivity contribution is 0.130. The van der Waals surface area contributed by atoms with Gasteiger partial charge < -0.3 is 14.6 Å². The number of nitrogens with zero attached hydrogens (tertiary/aromatic N) is 3. The van der Waals surface area contributed by atoms with Crippen molar-refractivity contribution in [3.63, 3.8) is 0 Å². The van der Waals surface area contributed by atoms with E-state index in [4.69, 9.17) is 16.9 Å². The average molecular weight is 318 g/mol. The minimum atomic E-state index is -0.884. The van der Waals surface area contributed by atoms with Crippen molar-refractivity contribution in [3.8, 4) is 6.07 Å². The van der Waals surface area contributed by atoms with Gasteiger partial charge in [0.15, 0.2) is 0 Å². The summed E-state index contributed by atoms with van der Waals surface area (Å²) in [7, 11) is 0. The first-order valence-corrected chi connectivity index (χ1v) is 7.62. The first-order chi connectivity index (χ1) is 10.6. The molecule has 0 aliphatic carbocycles. The molecule has 0 spiro atoms. The van der Waals surface area contributed by atoms with Crippen LogP contribution in [0.1, 0.15) is 24.5 Å². The number of rotatable bonds is 2. The van der Waals surface area contributed by atoms with Gasteiger partial charge in [-0.2, -0.15) is 5.26 Å². The number of hydrogen-bond donors (Lipinski definition) is 1. The fourth-order valence-corrected chi connectivity index (χ4v) is 3.47. The minimum Gasteiger partial charge on any atom is -0.465 e. The van der Waals surface area contributed by atoms with Gasteiger partial charge in [-0.3, -0.25) is 0 Å². The molecule has 1 atom stereocenters. The van der Waals surface area contributed by atoms with E-state index in [2.05, 4.69) is 6.07 Å². The molecule has 5 nitrogen and oxygen atoms in total. The van der Waals surface area contributed by atoms with Gasteiger partial charge in [-0.05, 0) is 31.0 Å². The zero-order valence-corrected chi connectivity index (χ0v) is 12.8. The first kappa shape index (κ1) is 14.7. The molecule has 0 saturated carbocycles. The van der Waals surface area contributed by atoms with E-state index >= 15 is 0 Å². The summed E-state index contributed by atoms with van der Waals surface area (Å²) in [5.74, 6) is 0.0988. The van der Waals surface area contributed by atoms with E-state index in [9.17, 15) is 9.90 Å². The molecule has 1 aliphatic rings. The van der Waals surface area contributed by atoms with Gasteiger partial charge in [0.05, 0.1) is 11.6 Å². The molecule has 1 unspecified atom stereocenters. The SMILES string of the molecule is N#CCn1c(C2CCCN(C(=O)O)C2)cc2c(Cl)cccc21. The summed E-state index contributed by atoms with van der Waals surface area (Å²) in [5.41, 5.74) is 1.92. The van der Waals surface area contributed by atoms with Gasteiger partial charge in [0.2, 0.25) is 0 Å². The molecule has 1 N–H and O–H groups in total. The number of hydrogen-bond acceptors (Lipinski definition) is 2. The Morgan fingerprint density at radius 3 is 3.05 bits per heavy atom. The average Bonchev–Trinajstić information content (AvgIpc) is 2.88. The Labute approximate surface area is 133 Å². The van der Waals surface area contributed by atoms with Gasteiger partial charge in [0.25, 0.3) is 0 Å². The van der Waals surface area contributed by atoms with Crippen molar-refractivity contribution in [2.24, 2.45) is 0 Å². The second-order valence-corrected chi connectivity index (χ2v) is 5.96. The van der Waals surface area contributed by atoms with Crippen molar-refractivity contribution >= 4 is 28.6 Å². The maximum absolute atomic E-state index is 11.2. The molecule has 1 fully saturated rings. The Morgan fingerprint density at radius 1 is 1.50 bits per heavy atom. The van der Waals surface area contributed by atoms with E-state index in [0.717, 1.165) is 29.4 Å². The van der Waals surface area contributed by atoms with Gasteiger partial charge in [-0.25, -0.2) is 4.79 Å². The van der Waals surface area contributed by atoms with Crippen LogP contribution in [-0.2, 0) is 6.54 Å².